The van der Waals surface area contributed by atoms with Crippen molar-refractivity contribution in [3.8, 4) is 17.1 Å². The molecular formula is C12H9F3N4O2. The van der Waals surface area contributed by atoms with Crippen LogP contribution in [0.15, 0.2) is 36.5 Å². The standard InChI is InChI=1S/C12H9F3N4O2/c13-12(14,15)21-8-3-1-7(2-4-8)10-17-6-5-9(18-10)11(20)19-16/h1-6H,16H2,(H,19,20). The Labute approximate surface area is 116 Å². The number of ether oxygens (including phenoxy) is 1. The van der Waals surface area contributed by atoms with Gasteiger partial charge in [-0.1, -0.05) is 0 Å². The van der Waals surface area contributed by atoms with E-state index in [1.54, 1.807) is 0 Å². The second-order valence-corrected chi connectivity index (χ2v) is 3.81. The molecule has 110 valence electrons. The molecule has 1 aromatic carbocycles. The Kier molecular flexibility index (Phi) is 4.03. The summed E-state index contributed by atoms with van der Waals surface area (Å²) in [4.78, 5) is 19.2. The second kappa shape index (κ2) is 5.75. The van der Waals surface area contributed by atoms with E-state index < -0.39 is 12.3 Å². The van der Waals surface area contributed by atoms with E-state index in [-0.39, 0.29) is 17.3 Å². The topological polar surface area (TPSA) is 90.1 Å². The van der Waals surface area contributed by atoms with Crippen LogP contribution in [-0.2, 0) is 0 Å². The number of amides is 1. The Morgan fingerprint density at radius 2 is 1.86 bits per heavy atom. The van der Waals surface area contributed by atoms with Gasteiger partial charge in [0.2, 0.25) is 0 Å². The Bertz CT molecular complexity index is 644. The monoisotopic (exact) mass is 298 g/mol. The molecular weight excluding hydrogens is 289 g/mol. The van der Waals surface area contributed by atoms with Crippen LogP contribution in [0.3, 0.4) is 0 Å². The summed E-state index contributed by atoms with van der Waals surface area (Å²) in [6.07, 6.45) is -3.41. The molecule has 0 radical (unpaired) electrons. The first-order valence-corrected chi connectivity index (χ1v) is 5.59. The van der Waals surface area contributed by atoms with Crippen LogP contribution in [0.2, 0.25) is 0 Å². The summed E-state index contributed by atoms with van der Waals surface area (Å²) in [6, 6.07) is 6.30. The number of benzene rings is 1. The number of hydrogen-bond acceptors (Lipinski definition) is 5. The van der Waals surface area contributed by atoms with Crippen molar-refractivity contribution in [2.75, 3.05) is 0 Å². The van der Waals surface area contributed by atoms with Crippen LogP contribution in [0.4, 0.5) is 13.2 Å². The highest BCUT2D eigenvalue weighted by molar-refractivity contribution is 5.92. The van der Waals surface area contributed by atoms with Gasteiger partial charge in [-0.15, -0.1) is 13.2 Å². The fourth-order valence-corrected chi connectivity index (χ4v) is 1.50. The first kappa shape index (κ1) is 14.7. The number of rotatable bonds is 3. The van der Waals surface area contributed by atoms with Gasteiger partial charge in [0.05, 0.1) is 0 Å². The lowest BCUT2D eigenvalue weighted by Crippen LogP contribution is -2.30. The highest BCUT2D eigenvalue weighted by Gasteiger charge is 2.30. The van der Waals surface area contributed by atoms with Crippen molar-refractivity contribution < 1.29 is 22.7 Å². The Balaban J connectivity index is 2.25. The molecule has 0 aliphatic rings. The summed E-state index contributed by atoms with van der Waals surface area (Å²) in [5, 5.41) is 0. The molecule has 0 fully saturated rings. The van der Waals surface area contributed by atoms with Gasteiger partial charge >= 0.3 is 6.36 Å². The smallest absolute Gasteiger partial charge is 0.406 e. The predicted octanol–water partition coefficient (Wildman–Crippen LogP) is 1.65. The van der Waals surface area contributed by atoms with E-state index in [4.69, 9.17) is 5.84 Å². The number of nitrogens with zero attached hydrogens (tertiary/aromatic N) is 2. The number of carbonyl (C=O) groups excluding carboxylic acids is 1. The van der Waals surface area contributed by atoms with E-state index in [9.17, 15) is 18.0 Å². The summed E-state index contributed by atoms with van der Waals surface area (Å²) < 4.78 is 39.9. The number of halogens is 3. The van der Waals surface area contributed by atoms with E-state index in [1.165, 1.54) is 24.4 Å². The Hall–Kier alpha value is -2.68. The largest absolute Gasteiger partial charge is 0.573 e. The minimum Gasteiger partial charge on any atom is -0.406 e. The molecule has 0 saturated heterocycles. The summed E-state index contributed by atoms with van der Waals surface area (Å²) in [6.45, 7) is 0. The highest BCUT2D eigenvalue weighted by Crippen LogP contribution is 2.25. The summed E-state index contributed by atoms with van der Waals surface area (Å²) in [5.74, 6) is 4.20. The zero-order chi connectivity index (χ0) is 15.5. The molecule has 0 unspecified atom stereocenters. The van der Waals surface area contributed by atoms with Crippen LogP contribution in [0.1, 0.15) is 10.5 Å². The van der Waals surface area contributed by atoms with Gasteiger partial charge in [-0.3, -0.25) is 10.2 Å². The fraction of sp³-hybridized carbons (Fsp3) is 0.0833. The van der Waals surface area contributed by atoms with E-state index in [0.717, 1.165) is 12.1 Å². The van der Waals surface area contributed by atoms with Crippen molar-refractivity contribution in [2.24, 2.45) is 5.84 Å². The third-order valence-electron chi connectivity index (χ3n) is 2.37. The van der Waals surface area contributed by atoms with E-state index in [1.807, 2.05) is 5.43 Å². The number of nitrogen functional groups attached to an aromatic ring is 1. The van der Waals surface area contributed by atoms with Gasteiger partial charge in [0.15, 0.2) is 5.82 Å². The Morgan fingerprint density at radius 3 is 2.43 bits per heavy atom. The molecule has 1 heterocycles. The number of hydrazine groups is 1. The minimum absolute atomic E-state index is 0.0399. The van der Waals surface area contributed by atoms with E-state index >= 15 is 0 Å². The predicted molar refractivity (Wildman–Crippen MR) is 65.8 cm³/mol. The molecule has 2 rings (SSSR count). The first-order valence-electron chi connectivity index (χ1n) is 5.59. The Morgan fingerprint density at radius 1 is 1.19 bits per heavy atom. The summed E-state index contributed by atoms with van der Waals surface area (Å²) in [5.41, 5.74) is 2.39. The minimum atomic E-state index is -4.75. The third kappa shape index (κ3) is 3.89. The van der Waals surface area contributed by atoms with Gasteiger partial charge in [-0.2, -0.15) is 0 Å². The van der Waals surface area contributed by atoms with Crippen molar-refractivity contribution in [2.45, 2.75) is 6.36 Å². The van der Waals surface area contributed by atoms with Gasteiger partial charge in [0, 0.05) is 11.8 Å². The summed E-state index contributed by atoms with van der Waals surface area (Å²) in [7, 11) is 0. The highest BCUT2D eigenvalue weighted by atomic mass is 19.4. The normalized spacial score (nSPS) is 11.0. The van der Waals surface area contributed by atoms with Crippen molar-refractivity contribution in [3.63, 3.8) is 0 Å². The second-order valence-electron chi connectivity index (χ2n) is 3.81. The average Bonchev–Trinajstić information content (AvgIpc) is 2.45. The summed E-state index contributed by atoms with van der Waals surface area (Å²) >= 11 is 0. The molecule has 0 spiro atoms. The molecule has 1 aromatic heterocycles. The van der Waals surface area contributed by atoms with Crippen LogP contribution < -0.4 is 16.0 Å². The van der Waals surface area contributed by atoms with Crippen LogP contribution in [0.25, 0.3) is 11.4 Å². The van der Waals surface area contributed by atoms with Gasteiger partial charge in [0.25, 0.3) is 5.91 Å². The molecule has 0 atom stereocenters. The van der Waals surface area contributed by atoms with Crippen LogP contribution in [0.5, 0.6) is 5.75 Å². The molecule has 9 heteroatoms. The lowest BCUT2D eigenvalue weighted by atomic mass is 10.2. The number of alkyl halides is 3. The van der Waals surface area contributed by atoms with Gasteiger partial charge in [-0.05, 0) is 30.3 Å². The number of carbonyl (C=O) groups is 1. The number of aromatic nitrogens is 2. The number of nitrogens with two attached hydrogens (primary N) is 1. The SMILES string of the molecule is NNC(=O)c1ccnc(-c2ccc(OC(F)(F)F)cc2)n1. The number of hydrogen-bond donors (Lipinski definition) is 2. The van der Waals surface area contributed by atoms with Crippen molar-refractivity contribution >= 4 is 5.91 Å². The van der Waals surface area contributed by atoms with E-state index in [0.29, 0.717) is 5.56 Å². The maximum Gasteiger partial charge on any atom is 0.573 e. The lowest BCUT2D eigenvalue weighted by molar-refractivity contribution is -0.274. The zero-order valence-corrected chi connectivity index (χ0v) is 10.4. The van der Waals surface area contributed by atoms with Crippen LogP contribution >= 0.6 is 0 Å². The zero-order valence-electron chi connectivity index (χ0n) is 10.4. The maximum absolute atomic E-state index is 12.0. The average molecular weight is 298 g/mol. The third-order valence-corrected chi connectivity index (χ3v) is 2.37. The molecule has 21 heavy (non-hydrogen) atoms. The van der Waals surface area contributed by atoms with Gasteiger partial charge < -0.3 is 4.74 Å². The van der Waals surface area contributed by atoms with Crippen LogP contribution in [0, 0.1) is 0 Å². The first-order chi connectivity index (χ1) is 9.89. The molecule has 3 N–H and O–H groups in total. The molecule has 0 saturated carbocycles. The van der Waals surface area contributed by atoms with Crippen molar-refractivity contribution in [1.82, 2.24) is 15.4 Å². The fourth-order valence-electron chi connectivity index (χ4n) is 1.50. The molecule has 0 aliphatic heterocycles. The van der Waals surface area contributed by atoms with Crippen LogP contribution in [-0.4, -0.2) is 22.2 Å². The molecule has 6 nitrogen and oxygen atoms in total. The number of nitrogens with one attached hydrogen (secondary N) is 1. The van der Waals surface area contributed by atoms with Crippen molar-refractivity contribution in [3.05, 3.63) is 42.2 Å². The van der Waals surface area contributed by atoms with E-state index in [2.05, 4.69) is 14.7 Å². The quantitative estimate of drug-likeness (QED) is 0.511. The van der Waals surface area contributed by atoms with Gasteiger partial charge in [-0.25, -0.2) is 15.8 Å². The van der Waals surface area contributed by atoms with Gasteiger partial charge in [0.1, 0.15) is 11.4 Å². The lowest BCUT2D eigenvalue weighted by Gasteiger charge is -2.09. The molecule has 2 aromatic rings. The molecule has 1 amide bonds. The molecule has 0 aliphatic carbocycles. The molecule has 0 bridgehead atoms. The van der Waals surface area contributed by atoms with Crippen molar-refractivity contribution in [1.29, 1.82) is 0 Å². The maximum atomic E-state index is 12.0.